The second-order valence-electron chi connectivity index (χ2n) is 9.39. The first-order chi connectivity index (χ1) is 16.3. The van der Waals surface area contributed by atoms with Crippen molar-refractivity contribution < 1.29 is 5.11 Å². The van der Waals surface area contributed by atoms with Gasteiger partial charge in [-0.3, -0.25) is 0 Å². The fourth-order valence-electron chi connectivity index (χ4n) is 5.44. The van der Waals surface area contributed by atoms with E-state index in [2.05, 4.69) is 82.4 Å². The number of benzene rings is 3. The number of rotatable bonds is 8. The van der Waals surface area contributed by atoms with Crippen molar-refractivity contribution in [2.75, 3.05) is 19.6 Å². The lowest BCUT2D eigenvalue weighted by molar-refractivity contribution is 0.178. The van der Waals surface area contributed by atoms with Gasteiger partial charge in [0.2, 0.25) is 0 Å². The molecule has 1 N–H and O–H groups in total. The molecule has 0 atom stereocenters. The molecule has 1 aliphatic rings. The van der Waals surface area contributed by atoms with Crippen molar-refractivity contribution in [2.24, 2.45) is 0 Å². The van der Waals surface area contributed by atoms with Gasteiger partial charge in [0.1, 0.15) is 0 Å². The predicted octanol–water partition coefficient (Wildman–Crippen LogP) is 6.99. The van der Waals surface area contributed by atoms with Crippen LogP contribution in [0.2, 0.25) is 0 Å². The van der Waals surface area contributed by atoms with E-state index in [0.29, 0.717) is 17.8 Å². The first-order valence-electron chi connectivity index (χ1n) is 12.4. The van der Waals surface area contributed by atoms with Crippen LogP contribution in [0.3, 0.4) is 0 Å². The van der Waals surface area contributed by atoms with E-state index in [1.54, 1.807) is 0 Å². The highest BCUT2D eigenvalue weighted by Crippen LogP contribution is 2.34. The van der Waals surface area contributed by atoms with E-state index in [-0.39, 0.29) is 0 Å². The number of hydrogen-bond acceptors (Lipinski definition) is 2. The molecule has 0 aliphatic carbocycles. The molecule has 3 heteroatoms. The van der Waals surface area contributed by atoms with Gasteiger partial charge in [0.25, 0.3) is 0 Å². The second kappa shape index (κ2) is 10.3. The van der Waals surface area contributed by atoms with Gasteiger partial charge in [-0.2, -0.15) is 0 Å². The number of unbranched alkanes of at least 4 members (excludes halogenated alkanes) is 1. The third-order valence-electron chi connectivity index (χ3n) is 7.30. The lowest BCUT2D eigenvalue weighted by Gasteiger charge is -2.33. The number of nitrogens with zero attached hydrogens (tertiary/aromatic N) is 2. The standard InChI is InChI=1S/C30H34N2O/c33-30-29-17-8-7-15-26(29)23-32(30)27-18-21-31(22-19-27)20-10-9-16-28(24-11-3-1-4-12-24)25-13-5-2-6-14-25/h1-8,11-15,17,23,27-28,33H,9-10,16,18-22H2. The maximum Gasteiger partial charge on any atom is 0.199 e. The van der Waals surface area contributed by atoms with Crippen LogP contribution in [0.15, 0.2) is 91.1 Å². The molecule has 0 saturated carbocycles. The smallest absolute Gasteiger partial charge is 0.199 e. The van der Waals surface area contributed by atoms with E-state index >= 15 is 0 Å². The van der Waals surface area contributed by atoms with Crippen molar-refractivity contribution in [1.29, 1.82) is 0 Å². The van der Waals surface area contributed by atoms with Gasteiger partial charge in [-0.05, 0) is 49.4 Å². The maximum absolute atomic E-state index is 10.7. The lowest BCUT2D eigenvalue weighted by atomic mass is 9.87. The number of aromatic nitrogens is 1. The van der Waals surface area contributed by atoms with Crippen LogP contribution < -0.4 is 0 Å². The highest BCUT2D eigenvalue weighted by atomic mass is 16.3. The molecule has 33 heavy (non-hydrogen) atoms. The molecule has 0 unspecified atom stereocenters. The number of likely N-dealkylation sites (tertiary alicyclic amines) is 1. The minimum atomic E-state index is 0.397. The minimum absolute atomic E-state index is 0.397. The van der Waals surface area contributed by atoms with Crippen LogP contribution in [0.1, 0.15) is 55.2 Å². The Bertz CT molecular complexity index is 1100. The predicted molar refractivity (Wildman–Crippen MR) is 137 cm³/mol. The largest absolute Gasteiger partial charge is 0.494 e. The van der Waals surface area contributed by atoms with Crippen LogP contribution >= 0.6 is 0 Å². The molecule has 1 aromatic heterocycles. The van der Waals surface area contributed by atoms with Gasteiger partial charge in [-0.15, -0.1) is 0 Å². The van der Waals surface area contributed by atoms with E-state index in [4.69, 9.17) is 0 Å². The van der Waals surface area contributed by atoms with E-state index in [0.717, 1.165) is 36.7 Å². The second-order valence-corrected chi connectivity index (χ2v) is 9.39. The molecule has 170 valence electrons. The van der Waals surface area contributed by atoms with Crippen molar-refractivity contribution in [3.8, 4) is 5.88 Å². The first-order valence-corrected chi connectivity index (χ1v) is 12.4. The van der Waals surface area contributed by atoms with Gasteiger partial charge in [0.15, 0.2) is 5.88 Å². The zero-order valence-corrected chi connectivity index (χ0v) is 19.3. The normalized spacial score (nSPS) is 15.4. The van der Waals surface area contributed by atoms with E-state index in [1.165, 1.54) is 36.9 Å². The fourth-order valence-corrected chi connectivity index (χ4v) is 5.44. The van der Waals surface area contributed by atoms with Crippen molar-refractivity contribution in [1.82, 2.24) is 9.47 Å². The van der Waals surface area contributed by atoms with Crippen LogP contribution in [-0.4, -0.2) is 34.2 Å². The van der Waals surface area contributed by atoms with Crippen molar-refractivity contribution >= 4 is 10.8 Å². The highest BCUT2D eigenvalue weighted by Gasteiger charge is 2.23. The maximum atomic E-state index is 10.7. The SMILES string of the molecule is Oc1c2ccccc2cn1C1CCN(CCCCC(c2ccccc2)c2ccccc2)CC1. The summed E-state index contributed by atoms with van der Waals surface area (Å²) in [7, 11) is 0. The summed E-state index contributed by atoms with van der Waals surface area (Å²) in [5, 5.41) is 12.8. The third kappa shape index (κ3) is 4.99. The topological polar surface area (TPSA) is 28.4 Å². The van der Waals surface area contributed by atoms with Crippen LogP contribution in [-0.2, 0) is 0 Å². The number of hydrogen-bond donors (Lipinski definition) is 1. The number of piperidine rings is 1. The quantitative estimate of drug-likeness (QED) is 0.300. The molecule has 0 amide bonds. The summed E-state index contributed by atoms with van der Waals surface area (Å²) in [6, 6.07) is 30.4. The molecule has 3 aromatic carbocycles. The zero-order chi connectivity index (χ0) is 22.5. The van der Waals surface area contributed by atoms with Gasteiger partial charge in [-0.1, -0.05) is 85.3 Å². The lowest BCUT2D eigenvalue weighted by Crippen LogP contribution is -2.35. The molecule has 1 aliphatic heterocycles. The Labute approximate surface area is 197 Å². The van der Waals surface area contributed by atoms with Crippen molar-refractivity contribution in [3.05, 3.63) is 102 Å². The Morgan fingerprint density at radius 1 is 0.758 bits per heavy atom. The van der Waals surface area contributed by atoms with E-state index < -0.39 is 0 Å². The van der Waals surface area contributed by atoms with Crippen LogP contribution in [0, 0.1) is 0 Å². The zero-order valence-electron chi connectivity index (χ0n) is 19.3. The molecule has 0 spiro atoms. The molecule has 1 fully saturated rings. The molecule has 0 radical (unpaired) electrons. The van der Waals surface area contributed by atoms with Gasteiger partial charge in [0.05, 0.1) is 0 Å². The Morgan fingerprint density at radius 3 is 2.00 bits per heavy atom. The Morgan fingerprint density at radius 2 is 1.36 bits per heavy atom. The molecule has 3 nitrogen and oxygen atoms in total. The summed E-state index contributed by atoms with van der Waals surface area (Å²) in [5.41, 5.74) is 2.84. The van der Waals surface area contributed by atoms with Gasteiger partial charge < -0.3 is 14.6 Å². The Balaban J connectivity index is 1.12. The van der Waals surface area contributed by atoms with Gasteiger partial charge in [-0.25, -0.2) is 0 Å². The average molecular weight is 439 g/mol. The molecule has 4 aromatic rings. The molecular weight excluding hydrogens is 404 g/mol. The summed E-state index contributed by atoms with van der Waals surface area (Å²) in [6.45, 7) is 3.39. The third-order valence-corrected chi connectivity index (χ3v) is 7.30. The van der Waals surface area contributed by atoms with Gasteiger partial charge >= 0.3 is 0 Å². The fraction of sp³-hybridized carbons (Fsp3) is 0.333. The number of fused-ring (bicyclic) bond motifs is 1. The molecule has 1 saturated heterocycles. The minimum Gasteiger partial charge on any atom is -0.494 e. The van der Waals surface area contributed by atoms with Crippen molar-refractivity contribution in [2.45, 2.75) is 44.1 Å². The van der Waals surface area contributed by atoms with Crippen LogP contribution in [0.25, 0.3) is 10.8 Å². The molecule has 2 heterocycles. The van der Waals surface area contributed by atoms with E-state index in [1.807, 2.05) is 18.2 Å². The van der Waals surface area contributed by atoms with E-state index in [9.17, 15) is 5.11 Å². The summed E-state index contributed by atoms with van der Waals surface area (Å²) < 4.78 is 2.10. The van der Waals surface area contributed by atoms with Crippen LogP contribution in [0.5, 0.6) is 5.88 Å². The first kappa shape index (κ1) is 21.8. The number of aromatic hydroxyl groups is 1. The summed E-state index contributed by atoms with van der Waals surface area (Å²) in [6.07, 6.45) is 7.99. The Kier molecular flexibility index (Phi) is 6.78. The molecular formula is C30H34N2O. The average Bonchev–Trinajstić information content (AvgIpc) is 3.22. The summed E-state index contributed by atoms with van der Waals surface area (Å²) >= 11 is 0. The van der Waals surface area contributed by atoms with Gasteiger partial charge in [0, 0.05) is 42.0 Å². The van der Waals surface area contributed by atoms with Crippen LogP contribution in [0.4, 0.5) is 0 Å². The summed E-state index contributed by atoms with van der Waals surface area (Å²) in [4.78, 5) is 2.61. The highest BCUT2D eigenvalue weighted by molar-refractivity contribution is 5.87. The Hall–Kier alpha value is -3.04. The molecule has 0 bridgehead atoms. The monoisotopic (exact) mass is 438 g/mol. The van der Waals surface area contributed by atoms with Crippen molar-refractivity contribution in [3.63, 3.8) is 0 Å². The molecule has 5 rings (SSSR count). The summed E-state index contributed by atoms with van der Waals surface area (Å²) in [5.74, 6) is 0.904.